The first-order chi connectivity index (χ1) is 1.41. The van der Waals surface area contributed by atoms with Crippen LogP contribution in [0.2, 0.25) is 0 Å². The molecule has 0 bridgehead atoms. The molecule has 0 aliphatic rings. The van der Waals surface area contributed by atoms with E-state index in [9.17, 15) is 0 Å². The second-order valence-corrected chi connectivity index (χ2v) is 0.577. The first-order valence-corrected chi connectivity index (χ1v) is 1.15. The Labute approximate surface area is 65.1 Å². The van der Waals surface area contributed by atoms with Gasteiger partial charge in [-0.3, -0.25) is 0 Å². The monoisotopic (exact) mass is 217 g/mol. The molecule has 5 heavy (non-hydrogen) atoms. The van der Waals surface area contributed by atoms with Gasteiger partial charge in [0, 0.05) is 0 Å². The van der Waals surface area contributed by atoms with E-state index in [1.54, 1.807) is 0 Å². The Hall–Kier alpha value is 1.28. The normalized spacial score (nSPS) is 3.60. The van der Waals surface area contributed by atoms with Crippen molar-refractivity contribution in [3.05, 3.63) is 6.42 Å². The summed E-state index contributed by atoms with van der Waals surface area (Å²) in [6.07, 6.45) is 2.00. The first-order valence-electron chi connectivity index (χ1n) is 1.15. The molecule has 0 saturated heterocycles. The van der Waals surface area contributed by atoms with E-state index in [1.807, 2.05) is 20.3 Å². The molecule has 33 valence electrons. The van der Waals surface area contributed by atoms with Crippen LogP contribution in [0.5, 0.6) is 0 Å². The van der Waals surface area contributed by atoms with Crippen molar-refractivity contribution in [1.82, 2.24) is 0 Å². The van der Waals surface area contributed by atoms with Crippen LogP contribution in [0, 0.1) is 46.4 Å². The summed E-state index contributed by atoms with van der Waals surface area (Å²) >= 11 is 0. The summed E-state index contributed by atoms with van der Waals surface area (Å²) in [4.78, 5) is 0. The van der Waals surface area contributed by atoms with Crippen molar-refractivity contribution in [2.75, 3.05) is 0 Å². The maximum absolute atomic E-state index is 2.00. The molecule has 1 nitrogen and oxygen atoms in total. The minimum atomic E-state index is 0. The molecule has 0 N–H and O–H groups in total. The van der Waals surface area contributed by atoms with Gasteiger partial charge in [0.2, 0.25) is 0 Å². The van der Waals surface area contributed by atoms with Gasteiger partial charge in [-0.05, 0) is 0 Å². The van der Waals surface area contributed by atoms with Gasteiger partial charge in [0.25, 0.3) is 0 Å². The molecular formula is C3H7GdO. The Balaban J connectivity index is -0.0000000200. The Kier molecular flexibility index (Phi) is 60.5. The maximum Gasteiger partial charge on any atom is 3.00 e. The molecule has 0 aromatic heterocycles. The third kappa shape index (κ3) is 34.5. The van der Waals surface area contributed by atoms with Gasteiger partial charge in [-0.15, -0.1) is 0 Å². The van der Waals surface area contributed by atoms with E-state index in [0.717, 1.165) is 0 Å². The SMILES string of the molecule is C[CH-]C.[Gd+3].[O-2]. The van der Waals surface area contributed by atoms with Crippen LogP contribution in [0.4, 0.5) is 0 Å². The fraction of sp³-hybridized carbons (Fsp3) is 0.667. The Bertz CT molecular complexity index is 6.85. The molecule has 0 atom stereocenters. The van der Waals surface area contributed by atoms with Gasteiger partial charge in [0.05, 0.1) is 0 Å². The summed E-state index contributed by atoms with van der Waals surface area (Å²) in [7, 11) is 0. The molecule has 0 rings (SSSR count). The fourth-order valence-corrected chi connectivity index (χ4v) is 0. The van der Waals surface area contributed by atoms with E-state index >= 15 is 0 Å². The van der Waals surface area contributed by atoms with Gasteiger partial charge in [0.1, 0.15) is 0 Å². The van der Waals surface area contributed by atoms with Gasteiger partial charge in [0.15, 0.2) is 0 Å². The molecule has 0 amide bonds. The summed E-state index contributed by atoms with van der Waals surface area (Å²) in [5.74, 6) is 0. The van der Waals surface area contributed by atoms with Crippen molar-refractivity contribution in [3.63, 3.8) is 0 Å². The molecule has 0 aliphatic heterocycles. The Morgan fingerprint density at radius 3 is 1.20 bits per heavy atom. The zero-order chi connectivity index (χ0) is 2.71. The van der Waals surface area contributed by atoms with Gasteiger partial charge in [-0.25, -0.2) is 0 Å². The van der Waals surface area contributed by atoms with E-state index in [-0.39, 0.29) is 45.4 Å². The Morgan fingerprint density at radius 2 is 1.20 bits per heavy atom. The molecule has 0 spiro atoms. The summed E-state index contributed by atoms with van der Waals surface area (Å²) in [6, 6.07) is 0. The predicted octanol–water partition coefficient (Wildman–Crippen LogP) is 1.11. The topological polar surface area (TPSA) is 28.5 Å². The predicted molar refractivity (Wildman–Crippen MR) is 16.3 cm³/mol. The molecular weight excluding hydrogens is 209 g/mol. The summed E-state index contributed by atoms with van der Waals surface area (Å²) in [5.41, 5.74) is 0. The second kappa shape index (κ2) is 18.6. The van der Waals surface area contributed by atoms with Gasteiger partial charge >= 0.3 is 39.9 Å². The molecule has 0 aliphatic carbocycles. The number of hydrogen-bond acceptors (Lipinski definition) is 0. The molecule has 0 saturated carbocycles. The third-order valence-corrected chi connectivity index (χ3v) is 0. The second-order valence-electron chi connectivity index (χ2n) is 0.577. The summed E-state index contributed by atoms with van der Waals surface area (Å²) in [6.45, 7) is 4.00. The van der Waals surface area contributed by atoms with E-state index in [2.05, 4.69) is 0 Å². The average molecular weight is 216 g/mol. The smallest absolute Gasteiger partial charge is 2.00 e. The van der Waals surface area contributed by atoms with Gasteiger partial charge < -0.3 is 11.9 Å². The number of rotatable bonds is 0. The molecule has 0 aromatic rings. The number of hydrogen-bond donors (Lipinski definition) is 0. The molecule has 2 heteroatoms. The van der Waals surface area contributed by atoms with Crippen LogP contribution in [0.15, 0.2) is 0 Å². The van der Waals surface area contributed by atoms with Crippen LogP contribution in [0.1, 0.15) is 13.8 Å². The van der Waals surface area contributed by atoms with Crippen molar-refractivity contribution in [2.45, 2.75) is 13.8 Å². The van der Waals surface area contributed by atoms with Crippen LogP contribution in [-0.4, -0.2) is 0 Å². The van der Waals surface area contributed by atoms with E-state index in [1.165, 1.54) is 0 Å². The van der Waals surface area contributed by atoms with E-state index < -0.39 is 0 Å². The molecule has 1 radical (unpaired) electrons. The van der Waals surface area contributed by atoms with Crippen LogP contribution < -0.4 is 0 Å². The van der Waals surface area contributed by atoms with E-state index in [0.29, 0.717) is 0 Å². The quantitative estimate of drug-likeness (QED) is 0.543. The van der Waals surface area contributed by atoms with Gasteiger partial charge in [-0.2, -0.15) is 13.8 Å². The largest absolute Gasteiger partial charge is 3.00 e. The van der Waals surface area contributed by atoms with Crippen molar-refractivity contribution >= 4 is 0 Å². The third-order valence-electron chi connectivity index (χ3n) is 0. The van der Waals surface area contributed by atoms with Crippen LogP contribution in [0.3, 0.4) is 0 Å². The molecule has 0 unspecified atom stereocenters. The maximum atomic E-state index is 2.00. The minimum Gasteiger partial charge on any atom is -2.00 e. The zero-order valence-electron chi connectivity index (χ0n) is 3.34. The van der Waals surface area contributed by atoms with E-state index in [4.69, 9.17) is 0 Å². The zero-order valence-corrected chi connectivity index (χ0v) is 5.61. The van der Waals surface area contributed by atoms with Crippen molar-refractivity contribution in [1.29, 1.82) is 0 Å². The van der Waals surface area contributed by atoms with Crippen molar-refractivity contribution in [2.24, 2.45) is 0 Å². The standard InChI is InChI=1S/C3H7.Gd.O/c1-3-2;;/h3H,1-2H3;;/q-1;+3;-2. The molecule has 0 heterocycles. The van der Waals surface area contributed by atoms with Gasteiger partial charge in [-0.1, -0.05) is 0 Å². The Morgan fingerprint density at radius 1 is 1.20 bits per heavy atom. The van der Waals surface area contributed by atoms with Crippen molar-refractivity contribution in [3.8, 4) is 0 Å². The van der Waals surface area contributed by atoms with Crippen LogP contribution in [-0.2, 0) is 5.48 Å². The average Bonchev–Trinajstić information content (AvgIpc) is 0.918. The molecule has 0 aromatic carbocycles. The first kappa shape index (κ1) is 16.3. The molecule has 0 fully saturated rings. The fourth-order valence-electron chi connectivity index (χ4n) is 0. The minimum absolute atomic E-state index is 0. The summed E-state index contributed by atoms with van der Waals surface area (Å²) < 4.78 is 0. The van der Waals surface area contributed by atoms with Crippen molar-refractivity contribution < 1.29 is 45.4 Å². The summed E-state index contributed by atoms with van der Waals surface area (Å²) in [5, 5.41) is 0. The van der Waals surface area contributed by atoms with Crippen LogP contribution >= 0.6 is 0 Å². The van der Waals surface area contributed by atoms with Crippen LogP contribution in [0.25, 0.3) is 0 Å².